The van der Waals surface area contributed by atoms with Crippen molar-refractivity contribution in [3.05, 3.63) is 89.6 Å². The molecule has 4 aromatic rings. The minimum Gasteiger partial charge on any atom is -0.256 e. The lowest BCUT2D eigenvalue weighted by molar-refractivity contribution is 0.876. The predicted molar refractivity (Wildman–Crippen MR) is 114 cm³/mol. The average Bonchev–Trinajstić information content (AvgIpc) is 2.72. The van der Waals surface area contributed by atoms with E-state index in [9.17, 15) is 0 Å². The van der Waals surface area contributed by atoms with E-state index < -0.39 is 0 Å². The van der Waals surface area contributed by atoms with Gasteiger partial charge < -0.3 is 0 Å². The third kappa shape index (κ3) is 2.66. The molecule has 1 aliphatic rings. The van der Waals surface area contributed by atoms with Gasteiger partial charge in [-0.1, -0.05) is 62.4 Å². The monoisotopic (exact) mass is 349 g/mol. The van der Waals surface area contributed by atoms with Crippen LogP contribution in [0.25, 0.3) is 33.2 Å². The number of hydrogen-bond acceptors (Lipinski definition) is 1. The van der Waals surface area contributed by atoms with Crippen molar-refractivity contribution in [1.29, 1.82) is 0 Å². The summed E-state index contributed by atoms with van der Waals surface area (Å²) in [5.41, 5.74) is 9.35. The van der Waals surface area contributed by atoms with Crippen molar-refractivity contribution in [3.8, 4) is 22.4 Å². The molecule has 0 unspecified atom stereocenters. The summed E-state index contributed by atoms with van der Waals surface area (Å²) in [6.07, 6.45) is 4.12. The van der Waals surface area contributed by atoms with Crippen LogP contribution in [0.4, 0.5) is 0 Å². The Hall–Kier alpha value is -2.93. The molecule has 0 radical (unpaired) electrons. The molecule has 0 fully saturated rings. The molecule has 1 aliphatic carbocycles. The molecular formula is C26H23N. The maximum atomic E-state index is 4.84. The molecule has 5 rings (SSSR count). The second-order valence-electron chi connectivity index (χ2n) is 7.78. The summed E-state index contributed by atoms with van der Waals surface area (Å²) in [5, 5.41) is 2.65. The van der Waals surface area contributed by atoms with E-state index in [2.05, 4.69) is 80.6 Å². The lowest BCUT2D eigenvalue weighted by atomic mass is 9.83. The molecule has 0 N–H and O–H groups in total. The molecule has 0 atom stereocenters. The first kappa shape index (κ1) is 16.3. The number of rotatable bonds is 2. The Bertz CT molecular complexity index is 1150. The molecule has 0 bridgehead atoms. The van der Waals surface area contributed by atoms with Gasteiger partial charge >= 0.3 is 0 Å². The van der Waals surface area contributed by atoms with Crippen molar-refractivity contribution in [2.24, 2.45) is 0 Å². The van der Waals surface area contributed by atoms with Gasteiger partial charge in [0.1, 0.15) is 0 Å². The van der Waals surface area contributed by atoms with Gasteiger partial charge in [-0.15, -0.1) is 0 Å². The van der Waals surface area contributed by atoms with Gasteiger partial charge in [0.2, 0.25) is 0 Å². The average molecular weight is 349 g/mol. The van der Waals surface area contributed by atoms with E-state index in [1.54, 1.807) is 0 Å². The maximum Gasteiger partial charge on any atom is 0.0740 e. The largest absolute Gasteiger partial charge is 0.256 e. The van der Waals surface area contributed by atoms with E-state index in [0.29, 0.717) is 5.92 Å². The third-order valence-corrected chi connectivity index (χ3v) is 5.80. The van der Waals surface area contributed by atoms with Crippen LogP contribution in [0.1, 0.15) is 36.5 Å². The summed E-state index contributed by atoms with van der Waals surface area (Å²) in [6.45, 7) is 4.55. The number of fused-ring (bicyclic) bond motifs is 4. The summed E-state index contributed by atoms with van der Waals surface area (Å²) in [6, 6.07) is 24.3. The molecular weight excluding hydrogens is 326 g/mol. The first-order chi connectivity index (χ1) is 13.2. The number of aromatic nitrogens is 1. The lowest BCUT2D eigenvalue weighted by Gasteiger charge is -2.22. The Balaban J connectivity index is 1.76. The Labute approximate surface area is 160 Å². The highest BCUT2D eigenvalue weighted by Crippen LogP contribution is 2.39. The van der Waals surface area contributed by atoms with E-state index in [0.717, 1.165) is 18.5 Å². The number of hydrogen-bond donors (Lipinski definition) is 0. The normalized spacial score (nSPS) is 12.9. The van der Waals surface area contributed by atoms with Crippen molar-refractivity contribution in [1.82, 2.24) is 4.98 Å². The highest BCUT2D eigenvalue weighted by atomic mass is 14.7. The molecule has 0 amide bonds. The van der Waals surface area contributed by atoms with Gasteiger partial charge in [0.15, 0.2) is 0 Å². The quantitative estimate of drug-likeness (QED) is 0.388. The highest BCUT2D eigenvalue weighted by Gasteiger charge is 2.20. The standard InChI is InChI=1S/C26H23N/c1-17(2)25-16-20(15-19-8-4-6-10-22(19)25)26-24-12-11-18-7-3-5-9-21(18)23(24)13-14-27-26/h3-10,13-17H,11-12H2,1-2H3. The Kier molecular flexibility index (Phi) is 3.82. The third-order valence-electron chi connectivity index (χ3n) is 5.80. The second kappa shape index (κ2) is 6.35. The second-order valence-corrected chi connectivity index (χ2v) is 7.78. The molecule has 0 saturated heterocycles. The zero-order chi connectivity index (χ0) is 18.4. The number of nitrogens with zero attached hydrogens (tertiary/aromatic N) is 1. The van der Waals surface area contributed by atoms with Crippen molar-refractivity contribution in [2.45, 2.75) is 32.6 Å². The van der Waals surface area contributed by atoms with Crippen LogP contribution in [0.2, 0.25) is 0 Å². The lowest BCUT2D eigenvalue weighted by Crippen LogP contribution is -2.07. The smallest absolute Gasteiger partial charge is 0.0740 e. The van der Waals surface area contributed by atoms with Crippen LogP contribution in [0.15, 0.2) is 72.9 Å². The van der Waals surface area contributed by atoms with Gasteiger partial charge in [0, 0.05) is 11.8 Å². The van der Waals surface area contributed by atoms with Crippen LogP contribution < -0.4 is 0 Å². The van der Waals surface area contributed by atoms with E-state index in [4.69, 9.17) is 4.98 Å². The molecule has 1 heteroatoms. The SMILES string of the molecule is CC(C)c1cc(-c2nccc3c2CCc2ccccc2-3)cc2ccccc12. The summed E-state index contributed by atoms with van der Waals surface area (Å²) in [4.78, 5) is 4.84. The van der Waals surface area contributed by atoms with Crippen LogP contribution >= 0.6 is 0 Å². The minimum atomic E-state index is 0.482. The van der Waals surface area contributed by atoms with Gasteiger partial charge in [-0.2, -0.15) is 0 Å². The summed E-state index contributed by atoms with van der Waals surface area (Å²) >= 11 is 0. The first-order valence-electron chi connectivity index (χ1n) is 9.81. The molecule has 1 nitrogen and oxygen atoms in total. The number of pyridine rings is 1. The zero-order valence-electron chi connectivity index (χ0n) is 15.9. The molecule has 0 aliphatic heterocycles. The van der Waals surface area contributed by atoms with Gasteiger partial charge in [0.25, 0.3) is 0 Å². The van der Waals surface area contributed by atoms with E-state index in [1.165, 1.54) is 44.2 Å². The fourth-order valence-corrected chi connectivity index (χ4v) is 4.46. The Morgan fingerprint density at radius 1 is 0.815 bits per heavy atom. The van der Waals surface area contributed by atoms with Crippen molar-refractivity contribution in [2.75, 3.05) is 0 Å². The fourth-order valence-electron chi connectivity index (χ4n) is 4.46. The summed E-state index contributed by atoms with van der Waals surface area (Å²) in [7, 11) is 0. The number of aryl methyl sites for hydroxylation is 1. The number of benzene rings is 3. The van der Waals surface area contributed by atoms with Crippen molar-refractivity contribution < 1.29 is 0 Å². The molecule has 0 spiro atoms. The van der Waals surface area contributed by atoms with E-state index in [1.807, 2.05) is 6.20 Å². The molecule has 1 heterocycles. The molecule has 27 heavy (non-hydrogen) atoms. The zero-order valence-corrected chi connectivity index (χ0v) is 15.9. The van der Waals surface area contributed by atoms with Gasteiger partial charge in [-0.25, -0.2) is 0 Å². The van der Waals surface area contributed by atoms with Crippen LogP contribution in [0.5, 0.6) is 0 Å². The maximum absolute atomic E-state index is 4.84. The molecule has 3 aromatic carbocycles. The van der Waals surface area contributed by atoms with Crippen LogP contribution in [0, 0.1) is 0 Å². The highest BCUT2D eigenvalue weighted by molar-refractivity contribution is 5.91. The van der Waals surface area contributed by atoms with Crippen LogP contribution in [0.3, 0.4) is 0 Å². The van der Waals surface area contributed by atoms with Gasteiger partial charge in [-0.3, -0.25) is 4.98 Å². The summed E-state index contributed by atoms with van der Waals surface area (Å²) in [5.74, 6) is 0.482. The minimum absolute atomic E-state index is 0.482. The van der Waals surface area contributed by atoms with Crippen molar-refractivity contribution >= 4 is 10.8 Å². The van der Waals surface area contributed by atoms with Gasteiger partial charge in [0.05, 0.1) is 5.69 Å². The molecule has 132 valence electrons. The summed E-state index contributed by atoms with van der Waals surface area (Å²) < 4.78 is 0. The fraction of sp³-hybridized carbons (Fsp3) is 0.192. The predicted octanol–water partition coefficient (Wildman–Crippen LogP) is 6.79. The van der Waals surface area contributed by atoms with Crippen molar-refractivity contribution in [3.63, 3.8) is 0 Å². The molecule has 0 saturated carbocycles. The first-order valence-corrected chi connectivity index (χ1v) is 9.81. The van der Waals surface area contributed by atoms with Gasteiger partial charge in [-0.05, 0) is 75.5 Å². The van der Waals surface area contributed by atoms with Crippen LogP contribution in [-0.2, 0) is 12.8 Å². The Morgan fingerprint density at radius 3 is 2.52 bits per heavy atom. The topological polar surface area (TPSA) is 12.9 Å². The molecule has 1 aromatic heterocycles. The van der Waals surface area contributed by atoms with E-state index in [-0.39, 0.29) is 0 Å². The van der Waals surface area contributed by atoms with E-state index >= 15 is 0 Å². The Morgan fingerprint density at radius 2 is 1.63 bits per heavy atom. The van der Waals surface area contributed by atoms with Crippen LogP contribution in [-0.4, -0.2) is 4.98 Å².